The van der Waals surface area contributed by atoms with E-state index in [1.807, 2.05) is 13.0 Å². The molecule has 0 radical (unpaired) electrons. The number of aromatic nitrogens is 4. The quantitative estimate of drug-likeness (QED) is 0.277. The van der Waals surface area contributed by atoms with Crippen molar-refractivity contribution < 1.29 is 23.4 Å². The number of fused-ring (bicyclic) bond motifs is 1. The molecule has 1 aliphatic heterocycles. The Morgan fingerprint density at radius 2 is 1.90 bits per heavy atom. The topological polar surface area (TPSA) is 120 Å². The standard InChI is InChI=1S/C31H36F2N6O3/c1-18-11-20(14-28(34)31(18,2)40)23-5-8-35-16-27(23)37-30-36-15-21-3-4-26(38-39(21)30)29-24(32)12-19(13-25(29)33)17-42-22-6-9-41-10-7-22/h3-5,8,12-13,15-16,18,20,22,28,40H,6-7,9-11,14,17,34H2,1-2H3,(H,36,37)/t18-,20+,28+,31+/m0/s1. The Hall–Kier alpha value is -3.51. The van der Waals surface area contributed by atoms with E-state index in [1.54, 1.807) is 37.6 Å². The van der Waals surface area contributed by atoms with Crippen LogP contribution in [-0.2, 0) is 16.1 Å². The first-order valence-electron chi connectivity index (χ1n) is 14.4. The maximum atomic E-state index is 15.3. The molecule has 0 amide bonds. The second kappa shape index (κ2) is 11.6. The minimum Gasteiger partial charge on any atom is -0.388 e. The van der Waals surface area contributed by atoms with Crippen molar-refractivity contribution in [3.63, 3.8) is 0 Å². The van der Waals surface area contributed by atoms with Crippen LogP contribution in [0.15, 0.2) is 48.9 Å². The molecule has 4 N–H and O–H groups in total. The Bertz CT molecular complexity index is 1530. The number of benzene rings is 1. The van der Waals surface area contributed by atoms with E-state index < -0.39 is 17.2 Å². The summed E-state index contributed by atoms with van der Waals surface area (Å²) in [5, 5.41) is 18.7. The van der Waals surface area contributed by atoms with Gasteiger partial charge in [0.15, 0.2) is 0 Å². The zero-order valence-corrected chi connectivity index (χ0v) is 23.8. The first-order valence-corrected chi connectivity index (χ1v) is 14.4. The van der Waals surface area contributed by atoms with Gasteiger partial charge in [-0.2, -0.15) is 9.61 Å². The van der Waals surface area contributed by atoms with E-state index in [9.17, 15) is 5.11 Å². The van der Waals surface area contributed by atoms with Crippen LogP contribution in [0.4, 0.5) is 20.4 Å². The smallest absolute Gasteiger partial charge is 0.229 e. The van der Waals surface area contributed by atoms with Gasteiger partial charge >= 0.3 is 0 Å². The molecule has 42 heavy (non-hydrogen) atoms. The van der Waals surface area contributed by atoms with Crippen LogP contribution in [0.3, 0.4) is 0 Å². The van der Waals surface area contributed by atoms with Gasteiger partial charge in [0.2, 0.25) is 5.95 Å². The fourth-order valence-electron chi connectivity index (χ4n) is 6.02. The molecule has 4 atom stereocenters. The number of hydrogen-bond acceptors (Lipinski definition) is 8. The summed E-state index contributed by atoms with van der Waals surface area (Å²) in [7, 11) is 0. The van der Waals surface area contributed by atoms with Crippen molar-refractivity contribution >= 4 is 17.2 Å². The molecule has 1 aromatic carbocycles. The highest BCUT2D eigenvalue weighted by Gasteiger charge is 2.42. The van der Waals surface area contributed by atoms with Crippen molar-refractivity contribution in [2.45, 2.75) is 69.8 Å². The third kappa shape index (κ3) is 5.61. The summed E-state index contributed by atoms with van der Waals surface area (Å²) in [5.74, 6) is -0.935. The second-order valence-corrected chi connectivity index (χ2v) is 11.7. The predicted octanol–water partition coefficient (Wildman–Crippen LogP) is 5.10. The number of nitrogens with zero attached hydrogens (tertiary/aromatic N) is 4. The number of ether oxygens (including phenoxy) is 2. The van der Waals surface area contributed by atoms with E-state index in [0.717, 1.165) is 30.5 Å². The van der Waals surface area contributed by atoms with E-state index >= 15 is 8.78 Å². The van der Waals surface area contributed by atoms with Crippen LogP contribution in [0.5, 0.6) is 0 Å². The molecule has 4 heterocycles. The van der Waals surface area contributed by atoms with Crippen molar-refractivity contribution in [1.29, 1.82) is 0 Å². The minimum absolute atomic E-state index is 0.00773. The third-order valence-corrected chi connectivity index (χ3v) is 8.86. The Balaban J connectivity index is 1.25. The highest BCUT2D eigenvalue weighted by atomic mass is 19.1. The number of aliphatic hydroxyl groups is 1. The molecule has 1 aliphatic carbocycles. The molecule has 0 spiro atoms. The second-order valence-electron chi connectivity index (χ2n) is 11.7. The molecule has 0 bridgehead atoms. The maximum absolute atomic E-state index is 15.3. The molecule has 4 aromatic rings. The van der Waals surface area contributed by atoms with Gasteiger partial charge in [-0.25, -0.2) is 13.8 Å². The van der Waals surface area contributed by atoms with Crippen LogP contribution in [0.25, 0.3) is 16.8 Å². The average molecular weight is 579 g/mol. The normalized spacial score (nSPS) is 25.1. The molecular weight excluding hydrogens is 542 g/mol. The zero-order chi connectivity index (χ0) is 29.4. The zero-order valence-electron chi connectivity index (χ0n) is 23.8. The van der Waals surface area contributed by atoms with Crippen molar-refractivity contribution in [1.82, 2.24) is 19.6 Å². The maximum Gasteiger partial charge on any atom is 0.229 e. The molecule has 9 nitrogen and oxygen atoms in total. The summed E-state index contributed by atoms with van der Waals surface area (Å²) < 4.78 is 43.3. The molecule has 0 unspecified atom stereocenters. The fourth-order valence-corrected chi connectivity index (χ4v) is 6.02. The summed E-state index contributed by atoms with van der Waals surface area (Å²) in [4.78, 5) is 8.77. The number of hydrogen-bond donors (Lipinski definition) is 3. The van der Waals surface area contributed by atoms with E-state index in [0.29, 0.717) is 36.7 Å². The lowest BCUT2D eigenvalue weighted by Gasteiger charge is -2.44. The van der Waals surface area contributed by atoms with E-state index in [4.69, 9.17) is 15.2 Å². The van der Waals surface area contributed by atoms with Gasteiger partial charge < -0.3 is 25.6 Å². The molecule has 3 aromatic heterocycles. The molecule has 6 rings (SSSR count). The lowest BCUT2D eigenvalue weighted by atomic mass is 9.68. The lowest BCUT2D eigenvalue weighted by molar-refractivity contribution is -0.0463. The molecule has 1 saturated heterocycles. The number of rotatable bonds is 7. The Kier molecular flexibility index (Phi) is 7.93. The predicted molar refractivity (Wildman–Crippen MR) is 154 cm³/mol. The molecular formula is C31H36F2N6O3. The van der Waals surface area contributed by atoms with Crippen LogP contribution in [0, 0.1) is 17.6 Å². The number of nitrogens with two attached hydrogens (primary N) is 1. The monoisotopic (exact) mass is 578 g/mol. The fraction of sp³-hybridized carbons (Fsp3) is 0.452. The molecule has 222 valence electrons. The number of anilines is 2. The van der Waals surface area contributed by atoms with E-state index in [-0.39, 0.29) is 41.8 Å². The highest BCUT2D eigenvalue weighted by Crippen LogP contribution is 2.43. The van der Waals surface area contributed by atoms with Crippen molar-refractivity contribution in [2.24, 2.45) is 11.7 Å². The first kappa shape index (κ1) is 28.6. The number of halogens is 2. The summed E-state index contributed by atoms with van der Waals surface area (Å²) in [6.07, 6.45) is 8.02. The Morgan fingerprint density at radius 1 is 1.14 bits per heavy atom. The summed E-state index contributed by atoms with van der Waals surface area (Å²) >= 11 is 0. The van der Waals surface area contributed by atoms with E-state index in [1.165, 1.54) is 16.6 Å². The van der Waals surface area contributed by atoms with Gasteiger partial charge in [0, 0.05) is 25.5 Å². The van der Waals surface area contributed by atoms with Gasteiger partial charge in [0.25, 0.3) is 0 Å². The molecule has 2 aliphatic rings. The van der Waals surface area contributed by atoms with Gasteiger partial charge in [0.1, 0.15) is 11.6 Å². The minimum atomic E-state index is -0.933. The van der Waals surface area contributed by atoms with Gasteiger partial charge in [-0.1, -0.05) is 6.92 Å². The molecule has 1 saturated carbocycles. The van der Waals surface area contributed by atoms with Crippen LogP contribution < -0.4 is 11.1 Å². The number of nitrogens with one attached hydrogen (secondary N) is 1. The highest BCUT2D eigenvalue weighted by molar-refractivity contribution is 5.66. The van der Waals surface area contributed by atoms with Gasteiger partial charge in [0.05, 0.1) is 53.2 Å². The van der Waals surface area contributed by atoms with Crippen LogP contribution in [0.2, 0.25) is 0 Å². The van der Waals surface area contributed by atoms with Crippen LogP contribution in [-0.4, -0.2) is 55.6 Å². The summed E-state index contributed by atoms with van der Waals surface area (Å²) in [5.41, 5.74) is 8.16. The SMILES string of the molecule is C[C@H]1C[C@@H](c2ccncc2Nc2ncc3ccc(-c4c(F)cc(COC5CCOCC5)cc4F)nn23)C[C@@H](N)[C@]1(C)O. The van der Waals surface area contributed by atoms with Crippen LogP contribution >= 0.6 is 0 Å². The number of imidazole rings is 1. The van der Waals surface area contributed by atoms with Gasteiger partial charge in [-0.3, -0.25) is 4.98 Å². The first-order chi connectivity index (χ1) is 20.2. The molecule has 11 heteroatoms. The Morgan fingerprint density at radius 3 is 2.64 bits per heavy atom. The Labute approximate surface area is 243 Å². The van der Waals surface area contributed by atoms with Gasteiger partial charge in [-0.15, -0.1) is 0 Å². The summed E-state index contributed by atoms with van der Waals surface area (Å²) in [6.45, 7) is 5.19. The van der Waals surface area contributed by atoms with Crippen molar-refractivity contribution in [3.05, 3.63) is 71.7 Å². The third-order valence-electron chi connectivity index (χ3n) is 8.86. The largest absolute Gasteiger partial charge is 0.388 e. The van der Waals surface area contributed by atoms with Crippen LogP contribution in [0.1, 0.15) is 56.6 Å². The molecule has 2 fully saturated rings. The summed E-state index contributed by atoms with van der Waals surface area (Å²) in [6, 6.07) is 7.47. The van der Waals surface area contributed by atoms with Gasteiger partial charge in [-0.05, 0) is 85.9 Å². The van der Waals surface area contributed by atoms with Crippen molar-refractivity contribution in [3.8, 4) is 11.3 Å². The average Bonchev–Trinajstić information content (AvgIpc) is 3.37. The number of pyridine rings is 1. The van der Waals surface area contributed by atoms with Crippen molar-refractivity contribution in [2.75, 3.05) is 18.5 Å². The lowest BCUT2D eigenvalue weighted by Crippen LogP contribution is -2.54. The van der Waals surface area contributed by atoms with E-state index in [2.05, 4.69) is 20.4 Å².